The zero-order chi connectivity index (χ0) is 18.5. The number of halogens is 1. The molecule has 0 saturated carbocycles. The summed E-state index contributed by atoms with van der Waals surface area (Å²) in [6.45, 7) is 2.99. The molecule has 0 aromatic heterocycles. The second kappa shape index (κ2) is 9.34. The summed E-state index contributed by atoms with van der Waals surface area (Å²) in [7, 11) is -3.57. The van der Waals surface area contributed by atoms with Gasteiger partial charge in [0.15, 0.2) is 14.6 Å². The van der Waals surface area contributed by atoms with Crippen LogP contribution in [0.5, 0.6) is 0 Å². The van der Waals surface area contributed by atoms with Gasteiger partial charge in [-0.2, -0.15) is 0 Å². The van der Waals surface area contributed by atoms with E-state index in [1.165, 1.54) is 0 Å². The molecule has 1 aliphatic heterocycles. The Morgan fingerprint density at radius 2 is 1.92 bits per heavy atom. The summed E-state index contributed by atoms with van der Waals surface area (Å²) in [5.41, 5.74) is 1.16. The number of carbonyl (C=O) groups excluding carboxylic acids is 2. The summed E-state index contributed by atoms with van der Waals surface area (Å²) in [6.07, 6.45) is 1.67. The normalized spacial score (nSPS) is 16.2. The van der Waals surface area contributed by atoms with E-state index in [9.17, 15) is 18.0 Å². The number of benzene rings is 1. The third kappa shape index (κ3) is 5.18. The van der Waals surface area contributed by atoms with Crippen LogP contribution in [0.15, 0.2) is 24.3 Å². The van der Waals surface area contributed by atoms with Gasteiger partial charge in [0.25, 0.3) is 0 Å². The highest BCUT2D eigenvalue weighted by Crippen LogP contribution is 2.29. The zero-order valence-electron chi connectivity index (χ0n) is 14.9. The minimum absolute atomic E-state index is 0. The molecule has 0 bridgehead atoms. The largest absolute Gasteiger partial charge is 0.466 e. The fraction of sp³-hybridized carbons (Fsp3) is 0.529. The second-order valence-corrected chi connectivity index (χ2v) is 8.48. The van der Waals surface area contributed by atoms with E-state index in [1.807, 2.05) is 0 Å². The highest BCUT2D eigenvalue weighted by molar-refractivity contribution is 7.92. The van der Waals surface area contributed by atoms with Crippen LogP contribution in [0, 0.1) is 0 Å². The number of hydrogen-bond donors (Lipinski definition) is 2. The number of rotatable bonds is 6. The van der Waals surface area contributed by atoms with Gasteiger partial charge in [-0.05, 0) is 50.6 Å². The number of sulfone groups is 1. The molecule has 146 valence electrons. The van der Waals surface area contributed by atoms with Crippen molar-refractivity contribution >= 4 is 39.8 Å². The van der Waals surface area contributed by atoms with Crippen molar-refractivity contribution in [3.8, 4) is 0 Å². The van der Waals surface area contributed by atoms with Crippen LogP contribution >= 0.6 is 12.4 Å². The van der Waals surface area contributed by atoms with E-state index >= 15 is 0 Å². The van der Waals surface area contributed by atoms with Gasteiger partial charge < -0.3 is 15.4 Å². The first-order valence-electron chi connectivity index (χ1n) is 8.25. The predicted molar refractivity (Wildman–Crippen MR) is 102 cm³/mol. The molecular weight excluding hydrogens is 380 g/mol. The van der Waals surface area contributed by atoms with E-state index < -0.39 is 20.5 Å². The van der Waals surface area contributed by atoms with Crippen LogP contribution in [-0.4, -0.2) is 51.0 Å². The molecule has 0 aliphatic carbocycles. The molecule has 0 radical (unpaired) electrons. The van der Waals surface area contributed by atoms with Crippen molar-refractivity contribution in [1.29, 1.82) is 0 Å². The van der Waals surface area contributed by atoms with E-state index in [1.54, 1.807) is 31.2 Å². The summed E-state index contributed by atoms with van der Waals surface area (Å²) in [6, 6.07) is 6.79. The van der Waals surface area contributed by atoms with E-state index in [0.717, 1.165) is 6.26 Å². The Morgan fingerprint density at radius 1 is 1.27 bits per heavy atom. The molecule has 0 spiro atoms. The molecule has 2 N–H and O–H groups in total. The molecule has 26 heavy (non-hydrogen) atoms. The van der Waals surface area contributed by atoms with Crippen LogP contribution in [0.1, 0.15) is 25.3 Å². The summed E-state index contributed by atoms with van der Waals surface area (Å²) in [4.78, 5) is 24.3. The van der Waals surface area contributed by atoms with Gasteiger partial charge in [-0.25, -0.2) is 8.42 Å². The lowest BCUT2D eigenvalue weighted by Crippen LogP contribution is -2.55. The standard InChI is InChI=1S/C17H24N2O5S.ClH/c1-3-24-15(20)12-13-5-4-6-14(11-13)19-16(21)17(25(2,22)23)7-9-18-10-8-17;/h4-6,11,18H,3,7-10,12H2,1-2H3,(H,19,21);1H. The van der Waals surface area contributed by atoms with Crippen LogP contribution < -0.4 is 10.6 Å². The van der Waals surface area contributed by atoms with Gasteiger partial charge >= 0.3 is 5.97 Å². The summed E-state index contributed by atoms with van der Waals surface area (Å²) in [5, 5.41) is 5.78. The van der Waals surface area contributed by atoms with E-state index in [4.69, 9.17) is 4.74 Å². The van der Waals surface area contributed by atoms with Crippen LogP contribution in [-0.2, 0) is 30.6 Å². The number of ether oxygens (including phenoxy) is 1. The molecule has 1 saturated heterocycles. The van der Waals surface area contributed by atoms with Gasteiger partial charge in [0, 0.05) is 11.9 Å². The van der Waals surface area contributed by atoms with Crippen molar-refractivity contribution in [2.75, 3.05) is 31.3 Å². The lowest BCUT2D eigenvalue weighted by molar-refractivity contribution is -0.142. The molecule has 9 heteroatoms. The first kappa shape index (κ1) is 22.4. The maximum atomic E-state index is 12.8. The van der Waals surface area contributed by atoms with E-state index in [2.05, 4.69) is 10.6 Å². The molecule has 1 aliphatic rings. The first-order valence-corrected chi connectivity index (χ1v) is 10.1. The minimum Gasteiger partial charge on any atom is -0.466 e. The van der Waals surface area contributed by atoms with Gasteiger partial charge in [0.05, 0.1) is 13.0 Å². The lowest BCUT2D eigenvalue weighted by atomic mass is 9.95. The first-order chi connectivity index (χ1) is 11.8. The van der Waals surface area contributed by atoms with Gasteiger partial charge in [-0.15, -0.1) is 12.4 Å². The molecule has 0 atom stereocenters. The number of amides is 1. The van der Waals surface area contributed by atoms with Crippen LogP contribution in [0.3, 0.4) is 0 Å². The molecule has 2 rings (SSSR count). The molecule has 0 unspecified atom stereocenters. The topological polar surface area (TPSA) is 102 Å². The molecule has 1 heterocycles. The Hall–Kier alpha value is -1.64. The average molecular weight is 405 g/mol. The number of carbonyl (C=O) groups is 2. The predicted octanol–water partition coefficient (Wildman–Crippen LogP) is 1.32. The third-order valence-corrected chi connectivity index (χ3v) is 6.39. The Morgan fingerprint density at radius 3 is 2.50 bits per heavy atom. The van der Waals surface area contributed by atoms with Crippen molar-refractivity contribution in [2.45, 2.75) is 30.9 Å². The molecular formula is C17H25ClN2O5S. The Kier molecular flexibility index (Phi) is 8.05. The fourth-order valence-corrected chi connectivity index (χ4v) is 4.31. The van der Waals surface area contributed by atoms with Crippen LogP contribution in [0.4, 0.5) is 5.69 Å². The zero-order valence-corrected chi connectivity index (χ0v) is 16.5. The van der Waals surface area contributed by atoms with Crippen molar-refractivity contribution < 1.29 is 22.7 Å². The molecule has 7 nitrogen and oxygen atoms in total. The average Bonchev–Trinajstić information content (AvgIpc) is 2.55. The van der Waals surface area contributed by atoms with Gasteiger partial charge in [-0.1, -0.05) is 12.1 Å². The number of piperidine rings is 1. The molecule has 1 aromatic rings. The molecule has 1 amide bonds. The van der Waals surface area contributed by atoms with Gasteiger partial charge in [-0.3, -0.25) is 9.59 Å². The maximum absolute atomic E-state index is 12.8. The highest BCUT2D eigenvalue weighted by atomic mass is 35.5. The van der Waals surface area contributed by atoms with E-state index in [-0.39, 0.29) is 37.6 Å². The highest BCUT2D eigenvalue weighted by Gasteiger charge is 2.48. The number of anilines is 1. The Bertz CT molecular complexity index is 745. The van der Waals surface area contributed by atoms with Gasteiger partial charge in [0.2, 0.25) is 5.91 Å². The summed E-state index contributed by atoms with van der Waals surface area (Å²) < 4.78 is 28.0. The number of esters is 1. The van der Waals surface area contributed by atoms with Gasteiger partial charge in [0.1, 0.15) is 0 Å². The molecule has 1 fully saturated rings. The minimum atomic E-state index is -3.57. The van der Waals surface area contributed by atoms with E-state index in [0.29, 0.717) is 30.9 Å². The fourth-order valence-electron chi connectivity index (χ4n) is 2.98. The number of hydrogen-bond acceptors (Lipinski definition) is 6. The monoisotopic (exact) mass is 404 g/mol. The number of nitrogens with one attached hydrogen (secondary N) is 2. The Balaban J connectivity index is 0.00000338. The lowest BCUT2D eigenvalue weighted by Gasteiger charge is -2.34. The van der Waals surface area contributed by atoms with Crippen molar-refractivity contribution in [1.82, 2.24) is 5.32 Å². The maximum Gasteiger partial charge on any atom is 0.310 e. The summed E-state index contributed by atoms with van der Waals surface area (Å²) in [5.74, 6) is -0.873. The SMILES string of the molecule is CCOC(=O)Cc1cccc(NC(=O)C2(S(C)(=O)=O)CCNCC2)c1.Cl. The van der Waals surface area contributed by atoms with Crippen LogP contribution in [0.2, 0.25) is 0 Å². The van der Waals surface area contributed by atoms with Crippen molar-refractivity contribution in [3.05, 3.63) is 29.8 Å². The smallest absolute Gasteiger partial charge is 0.310 e. The molecule has 1 aromatic carbocycles. The van der Waals surface area contributed by atoms with Crippen molar-refractivity contribution in [2.24, 2.45) is 0 Å². The van der Waals surface area contributed by atoms with Crippen molar-refractivity contribution in [3.63, 3.8) is 0 Å². The Labute approximate surface area is 160 Å². The quantitative estimate of drug-likeness (QED) is 0.693. The van der Waals surface area contributed by atoms with Crippen LogP contribution in [0.25, 0.3) is 0 Å². The second-order valence-electron chi connectivity index (χ2n) is 6.15. The third-order valence-electron chi connectivity index (χ3n) is 4.37. The summed E-state index contributed by atoms with van der Waals surface area (Å²) >= 11 is 0.